The first-order valence-electron chi connectivity index (χ1n) is 4.37. The molecule has 0 spiro atoms. The van der Waals surface area contributed by atoms with Gasteiger partial charge in [-0.3, -0.25) is 9.59 Å². The molecule has 0 fully saturated rings. The first-order chi connectivity index (χ1) is 6.68. The summed E-state index contributed by atoms with van der Waals surface area (Å²) in [6.07, 6.45) is 0.0723. The summed E-state index contributed by atoms with van der Waals surface area (Å²) in [5.74, 6) is -0.394. The van der Waals surface area contributed by atoms with Crippen LogP contribution in [0.1, 0.15) is 16.8 Å². The molecule has 0 bridgehead atoms. The number of anilines is 1. The van der Waals surface area contributed by atoms with E-state index in [1.165, 1.54) is 0 Å². The molecule has 4 heteroatoms. The van der Waals surface area contributed by atoms with E-state index in [-0.39, 0.29) is 18.1 Å². The van der Waals surface area contributed by atoms with Gasteiger partial charge in [0.25, 0.3) is 0 Å². The SMILES string of the molecule is N[C@H]1CC(=O)c2ccccc2NC1=O. The Hall–Kier alpha value is -1.68. The van der Waals surface area contributed by atoms with E-state index in [2.05, 4.69) is 5.32 Å². The molecule has 1 amide bonds. The van der Waals surface area contributed by atoms with Gasteiger partial charge in [0, 0.05) is 12.0 Å². The topological polar surface area (TPSA) is 72.2 Å². The van der Waals surface area contributed by atoms with E-state index in [0.29, 0.717) is 11.3 Å². The third-order valence-electron chi connectivity index (χ3n) is 2.23. The maximum atomic E-state index is 11.6. The Morgan fingerprint density at radius 3 is 2.79 bits per heavy atom. The maximum absolute atomic E-state index is 11.6. The van der Waals surface area contributed by atoms with Gasteiger partial charge in [-0.25, -0.2) is 0 Å². The van der Waals surface area contributed by atoms with Crippen molar-refractivity contribution < 1.29 is 9.59 Å². The van der Waals surface area contributed by atoms with Crippen molar-refractivity contribution >= 4 is 17.4 Å². The number of para-hydroxylation sites is 1. The third kappa shape index (κ3) is 1.40. The summed E-state index contributed by atoms with van der Waals surface area (Å²) in [5, 5.41) is 2.62. The van der Waals surface area contributed by atoms with Crippen molar-refractivity contribution in [2.24, 2.45) is 5.73 Å². The van der Waals surface area contributed by atoms with E-state index in [4.69, 9.17) is 5.73 Å². The molecule has 0 aromatic heterocycles. The Morgan fingerprint density at radius 1 is 1.29 bits per heavy atom. The second-order valence-corrected chi connectivity index (χ2v) is 3.27. The van der Waals surface area contributed by atoms with E-state index in [1.807, 2.05) is 0 Å². The predicted molar refractivity (Wildman–Crippen MR) is 52.0 cm³/mol. The first-order valence-corrected chi connectivity index (χ1v) is 4.37. The molecule has 2 rings (SSSR count). The number of rotatable bonds is 0. The summed E-state index contributed by atoms with van der Waals surface area (Å²) in [5.41, 5.74) is 6.60. The lowest BCUT2D eigenvalue weighted by Crippen LogP contribution is -2.35. The second-order valence-electron chi connectivity index (χ2n) is 3.27. The van der Waals surface area contributed by atoms with Crippen LogP contribution in [-0.2, 0) is 4.79 Å². The van der Waals surface area contributed by atoms with Crippen LogP contribution < -0.4 is 11.1 Å². The number of amides is 1. The van der Waals surface area contributed by atoms with Crippen LogP contribution in [-0.4, -0.2) is 17.7 Å². The Balaban J connectivity index is 2.48. The van der Waals surface area contributed by atoms with Gasteiger partial charge in [-0.05, 0) is 12.1 Å². The molecule has 3 N–H and O–H groups in total. The molecule has 4 nitrogen and oxygen atoms in total. The van der Waals surface area contributed by atoms with Crippen molar-refractivity contribution in [3.8, 4) is 0 Å². The number of nitrogens with two attached hydrogens (primary N) is 1. The highest BCUT2D eigenvalue weighted by Crippen LogP contribution is 2.20. The molecule has 0 aliphatic carbocycles. The van der Waals surface area contributed by atoms with Crippen molar-refractivity contribution in [1.29, 1.82) is 0 Å². The van der Waals surface area contributed by atoms with Crippen molar-refractivity contribution in [3.05, 3.63) is 29.8 Å². The lowest BCUT2D eigenvalue weighted by Gasteiger charge is -2.05. The monoisotopic (exact) mass is 190 g/mol. The average molecular weight is 190 g/mol. The number of carbonyl (C=O) groups excluding carboxylic acids is 2. The van der Waals surface area contributed by atoms with E-state index in [0.717, 1.165) is 0 Å². The molecule has 1 heterocycles. The van der Waals surface area contributed by atoms with Crippen LogP contribution in [0.5, 0.6) is 0 Å². The Labute approximate surface area is 81.1 Å². The zero-order valence-corrected chi connectivity index (χ0v) is 7.49. The van der Waals surface area contributed by atoms with Crippen molar-refractivity contribution in [1.82, 2.24) is 0 Å². The summed E-state index contributed by atoms with van der Waals surface area (Å²) < 4.78 is 0. The molecular formula is C10H10N2O2. The van der Waals surface area contributed by atoms with Crippen molar-refractivity contribution in [3.63, 3.8) is 0 Å². The van der Waals surface area contributed by atoms with Crippen LogP contribution in [0.15, 0.2) is 24.3 Å². The van der Waals surface area contributed by atoms with E-state index < -0.39 is 6.04 Å². The molecule has 0 saturated heterocycles. The van der Waals surface area contributed by atoms with Crippen LogP contribution in [0.25, 0.3) is 0 Å². The van der Waals surface area contributed by atoms with Crippen molar-refractivity contribution in [2.45, 2.75) is 12.5 Å². The highest BCUT2D eigenvalue weighted by atomic mass is 16.2. The Bertz CT molecular complexity index is 401. The number of Topliss-reactive ketones (excluding diaryl/α,β-unsaturated/α-hetero) is 1. The molecule has 1 aromatic rings. The molecule has 0 saturated carbocycles. The Morgan fingerprint density at radius 2 is 2.00 bits per heavy atom. The molecule has 0 unspecified atom stereocenters. The minimum Gasteiger partial charge on any atom is -0.324 e. The highest BCUT2D eigenvalue weighted by molar-refractivity contribution is 6.11. The maximum Gasteiger partial charge on any atom is 0.241 e. The average Bonchev–Trinajstić information content (AvgIpc) is 2.27. The second kappa shape index (κ2) is 3.23. The van der Waals surface area contributed by atoms with Gasteiger partial charge in [0.1, 0.15) is 0 Å². The summed E-state index contributed by atoms with van der Waals surface area (Å²) in [6, 6.07) is 6.18. The number of ketones is 1. The number of carbonyl (C=O) groups is 2. The fourth-order valence-corrected chi connectivity index (χ4v) is 1.46. The van der Waals surface area contributed by atoms with Crippen LogP contribution in [0.4, 0.5) is 5.69 Å². The van der Waals surface area contributed by atoms with E-state index >= 15 is 0 Å². The molecule has 0 radical (unpaired) electrons. The normalized spacial score (nSPS) is 21.1. The van der Waals surface area contributed by atoms with Crippen LogP contribution in [0.3, 0.4) is 0 Å². The summed E-state index contributed by atoms with van der Waals surface area (Å²) in [6.45, 7) is 0. The van der Waals surface area contributed by atoms with Gasteiger partial charge in [0.2, 0.25) is 5.91 Å². The fraction of sp³-hybridized carbons (Fsp3) is 0.200. The summed E-state index contributed by atoms with van der Waals surface area (Å²) in [7, 11) is 0. The van der Waals surface area contributed by atoms with E-state index in [9.17, 15) is 9.59 Å². The molecule has 1 atom stereocenters. The largest absolute Gasteiger partial charge is 0.324 e. The predicted octanol–water partition coefficient (Wildman–Crippen LogP) is 0.539. The van der Waals surface area contributed by atoms with E-state index in [1.54, 1.807) is 24.3 Å². The van der Waals surface area contributed by atoms with Gasteiger partial charge in [-0.1, -0.05) is 12.1 Å². The zero-order valence-electron chi connectivity index (χ0n) is 7.49. The molecule has 72 valence electrons. The van der Waals surface area contributed by atoms with Gasteiger partial charge in [-0.15, -0.1) is 0 Å². The Kier molecular flexibility index (Phi) is 2.05. The number of benzene rings is 1. The smallest absolute Gasteiger partial charge is 0.241 e. The van der Waals surface area contributed by atoms with Crippen LogP contribution in [0.2, 0.25) is 0 Å². The molecule has 14 heavy (non-hydrogen) atoms. The van der Waals surface area contributed by atoms with Gasteiger partial charge in [0.15, 0.2) is 5.78 Å². The highest BCUT2D eigenvalue weighted by Gasteiger charge is 2.25. The lowest BCUT2D eigenvalue weighted by atomic mass is 10.1. The number of hydrogen-bond donors (Lipinski definition) is 2. The van der Waals surface area contributed by atoms with Gasteiger partial charge in [0.05, 0.1) is 11.7 Å². The number of fused-ring (bicyclic) bond motifs is 1. The van der Waals surface area contributed by atoms with Crippen LogP contribution >= 0.6 is 0 Å². The first kappa shape index (κ1) is 8.90. The molecule has 1 aliphatic heterocycles. The van der Waals surface area contributed by atoms with Gasteiger partial charge < -0.3 is 11.1 Å². The molecular weight excluding hydrogens is 180 g/mol. The third-order valence-corrected chi connectivity index (χ3v) is 2.23. The summed E-state index contributed by atoms with van der Waals surface area (Å²) >= 11 is 0. The van der Waals surface area contributed by atoms with Gasteiger partial charge in [-0.2, -0.15) is 0 Å². The zero-order chi connectivity index (χ0) is 10.1. The quantitative estimate of drug-likeness (QED) is 0.627. The summed E-state index contributed by atoms with van der Waals surface area (Å²) in [4.78, 5) is 22.9. The molecule has 1 aromatic carbocycles. The number of nitrogens with one attached hydrogen (secondary N) is 1. The standard InChI is InChI=1S/C10H10N2O2/c11-7-5-9(13)6-3-1-2-4-8(6)12-10(7)14/h1-4,7H,5,11H2,(H,12,14)/t7-/m0/s1. The molecule has 1 aliphatic rings. The minimum atomic E-state index is -0.741. The minimum absolute atomic E-state index is 0.0723. The van der Waals surface area contributed by atoms with Gasteiger partial charge >= 0.3 is 0 Å². The number of hydrogen-bond acceptors (Lipinski definition) is 3. The lowest BCUT2D eigenvalue weighted by molar-refractivity contribution is -0.117. The van der Waals surface area contributed by atoms with Crippen LogP contribution in [0, 0.1) is 0 Å². The van der Waals surface area contributed by atoms with Crippen molar-refractivity contribution in [2.75, 3.05) is 5.32 Å². The fourth-order valence-electron chi connectivity index (χ4n) is 1.46.